The average Bonchev–Trinajstić information content (AvgIpc) is 2.84. The van der Waals surface area contributed by atoms with E-state index in [0.29, 0.717) is 29.3 Å². The van der Waals surface area contributed by atoms with Crippen LogP contribution in [0.4, 0.5) is 11.4 Å². The first-order valence-electron chi connectivity index (χ1n) is 10.8. The molecule has 1 heterocycles. The number of ether oxygens (including phenoxy) is 2. The number of amides is 1. The van der Waals surface area contributed by atoms with Crippen molar-refractivity contribution in [2.24, 2.45) is 0 Å². The van der Waals surface area contributed by atoms with E-state index in [0.717, 1.165) is 25.9 Å². The molecule has 1 aliphatic heterocycles. The van der Waals surface area contributed by atoms with Crippen LogP contribution in [0.25, 0.3) is 0 Å². The summed E-state index contributed by atoms with van der Waals surface area (Å²) in [7, 11) is -3.75. The van der Waals surface area contributed by atoms with Crippen molar-refractivity contribution in [2.75, 3.05) is 23.3 Å². The zero-order valence-corrected chi connectivity index (χ0v) is 18.9. The molecule has 8 heteroatoms. The van der Waals surface area contributed by atoms with Crippen molar-refractivity contribution in [3.8, 4) is 5.75 Å². The second kappa shape index (κ2) is 10.5. The monoisotopic (exact) mass is 466 g/mol. The molecule has 3 aromatic rings. The van der Waals surface area contributed by atoms with Crippen molar-refractivity contribution in [3.63, 3.8) is 0 Å². The number of carbonyl (C=O) groups excluding carboxylic acids is 1. The minimum Gasteiger partial charge on any atom is -0.489 e. The van der Waals surface area contributed by atoms with Crippen molar-refractivity contribution < 1.29 is 22.7 Å². The van der Waals surface area contributed by atoms with Gasteiger partial charge >= 0.3 is 0 Å². The number of hydrogen-bond donors (Lipinski definition) is 2. The molecular weight excluding hydrogens is 440 g/mol. The van der Waals surface area contributed by atoms with E-state index >= 15 is 0 Å². The number of nitrogens with one attached hydrogen (secondary N) is 2. The molecule has 3 aromatic carbocycles. The van der Waals surface area contributed by atoms with Gasteiger partial charge in [0.2, 0.25) is 0 Å². The van der Waals surface area contributed by atoms with Crippen LogP contribution < -0.4 is 14.8 Å². The molecule has 33 heavy (non-hydrogen) atoms. The van der Waals surface area contributed by atoms with Crippen LogP contribution in [-0.2, 0) is 14.8 Å². The number of para-hydroxylation sites is 2. The zero-order valence-electron chi connectivity index (χ0n) is 18.1. The lowest BCUT2D eigenvalue weighted by molar-refractivity contribution is -0.0109. The molecule has 0 radical (unpaired) electrons. The predicted molar refractivity (Wildman–Crippen MR) is 127 cm³/mol. The highest BCUT2D eigenvalue weighted by Crippen LogP contribution is 2.26. The highest BCUT2D eigenvalue weighted by Gasteiger charge is 2.17. The van der Waals surface area contributed by atoms with E-state index in [1.165, 1.54) is 18.2 Å². The van der Waals surface area contributed by atoms with E-state index in [4.69, 9.17) is 9.47 Å². The van der Waals surface area contributed by atoms with E-state index in [-0.39, 0.29) is 16.9 Å². The van der Waals surface area contributed by atoms with Gasteiger partial charge in [0.25, 0.3) is 15.9 Å². The summed E-state index contributed by atoms with van der Waals surface area (Å²) in [6.07, 6.45) is 3.21. The number of sulfonamides is 1. The van der Waals surface area contributed by atoms with Crippen LogP contribution in [0.2, 0.25) is 0 Å². The molecule has 1 amide bonds. The quantitative estimate of drug-likeness (QED) is 0.502. The SMILES string of the molecule is O=C(Nc1ccccc1OCC1CCCCO1)c1cccc(NS(=O)(=O)c2ccccc2)c1. The topological polar surface area (TPSA) is 93.7 Å². The summed E-state index contributed by atoms with van der Waals surface area (Å²) in [6.45, 7) is 1.17. The van der Waals surface area contributed by atoms with Gasteiger partial charge in [-0.15, -0.1) is 0 Å². The third-order valence-electron chi connectivity index (χ3n) is 5.26. The summed E-state index contributed by atoms with van der Waals surface area (Å²) in [4.78, 5) is 13.0. The van der Waals surface area contributed by atoms with Gasteiger partial charge in [0.1, 0.15) is 12.4 Å². The van der Waals surface area contributed by atoms with E-state index in [1.807, 2.05) is 12.1 Å². The van der Waals surface area contributed by atoms with Crippen LogP contribution in [0.1, 0.15) is 29.6 Å². The Morgan fingerprint density at radius 2 is 1.76 bits per heavy atom. The fourth-order valence-corrected chi connectivity index (χ4v) is 4.62. The van der Waals surface area contributed by atoms with Crippen LogP contribution >= 0.6 is 0 Å². The molecule has 172 valence electrons. The summed E-state index contributed by atoms with van der Waals surface area (Å²) < 4.78 is 39.3. The van der Waals surface area contributed by atoms with Gasteiger partial charge in [0.15, 0.2) is 0 Å². The summed E-state index contributed by atoms with van der Waals surface area (Å²) >= 11 is 0. The molecule has 1 atom stereocenters. The van der Waals surface area contributed by atoms with Gasteiger partial charge in [-0.3, -0.25) is 9.52 Å². The molecule has 0 spiro atoms. The standard InChI is InChI=1S/C25H26N2O5S/c28-25(26-23-14-4-5-15-24(23)32-18-21-11-6-7-16-31-21)19-9-8-10-20(17-19)27-33(29,30)22-12-2-1-3-13-22/h1-5,8-10,12-15,17,21,27H,6-7,11,16,18H2,(H,26,28). The van der Waals surface area contributed by atoms with E-state index < -0.39 is 10.0 Å². The van der Waals surface area contributed by atoms with Crippen molar-refractivity contribution in [3.05, 3.63) is 84.4 Å². The Balaban J connectivity index is 1.44. The van der Waals surface area contributed by atoms with Crippen molar-refractivity contribution in [1.29, 1.82) is 0 Å². The lowest BCUT2D eigenvalue weighted by Gasteiger charge is -2.23. The molecule has 4 rings (SSSR count). The van der Waals surface area contributed by atoms with Crippen LogP contribution in [0.5, 0.6) is 5.75 Å². The first-order chi connectivity index (χ1) is 16.0. The Labute approximate surface area is 193 Å². The number of hydrogen-bond acceptors (Lipinski definition) is 5. The molecule has 1 unspecified atom stereocenters. The van der Waals surface area contributed by atoms with E-state index in [9.17, 15) is 13.2 Å². The molecule has 0 aliphatic carbocycles. The maximum atomic E-state index is 12.9. The number of carbonyl (C=O) groups is 1. The molecule has 1 saturated heterocycles. The predicted octanol–water partition coefficient (Wildman–Crippen LogP) is 4.69. The second-order valence-electron chi connectivity index (χ2n) is 7.75. The summed E-state index contributed by atoms with van der Waals surface area (Å²) in [6, 6.07) is 21.6. The first-order valence-corrected chi connectivity index (χ1v) is 12.3. The van der Waals surface area contributed by atoms with Crippen molar-refractivity contribution in [1.82, 2.24) is 0 Å². The largest absolute Gasteiger partial charge is 0.489 e. The third kappa shape index (κ3) is 6.12. The highest BCUT2D eigenvalue weighted by molar-refractivity contribution is 7.92. The van der Waals surface area contributed by atoms with Crippen LogP contribution in [0, 0.1) is 0 Å². The Kier molecular flexibility index (Phi) is 7.26. The molecule has 0 saturated carbocycles. The molecule has 0 bridgehead atoms. The fourth-order valence-electron chi connectivity index (χ4n) is 3.55. The van der Waals surface area contributed by atoms with Gasteiger partial charge in [0, 0.05) is 17.9 Å². The molecule has 1 fully saturated rings. The molecule has 7 nitrogen and oxygen atoms in total. The first kappa shape index (κ1) is 22.8. The lowest BCUT2D eigenvalue weighted by Crippen LogP contribution is -2.26. The highest BCUT2D eigenvalue weighted by atomic mass is 32.2. The molecular formula is C25H26N2O5S. The van der Waals surface area contributed by atoms with Crippen LogP contribution in [-0.4, -0.2) is 33.6 Å². The average molecular weight is 467 g/mol. The van der Waals surface area contributed by atoms with Gasteiger partial charge in [-0.1, -0.05) is 36.4 Å². The fraction of sp³-hybridized carbons (Fsp3) is 0.240. The Hall–Kier alpha value is -3.36. The maximum Gasteiger partial charge on any atom is 0.261 e. The molecule has 2 N–H and O–H groups in total. The Morgan fingerprint density at radius 3 is 2.55 bits per heavy atom. The summed E-state index contributed by atoms with van der Waals surface area (Å²) in [5.41, 5.74) is 1.15. The smallest absolute Gasteiger partial charge is 0.261 e. The van der Waals surface area contributed by atoms with Crippen molar-refractivity contribution >= 4 is 27.3 Å². The summed E-state index contributed by atoms with van der Waals surface area (Å²) in [5.74, 6) is 0.182. The van der Waals surface area contributed by atoms with Gasteiger partial charge in [0.05, 0.1) is 16.7 Å². The maximum absolute atomic E-state index is 12.9. The van der Waals surface area contributed by atoms with E-state index in [1.54, 1.807) is 48.5 Å². The van der Waals surface area contributed by atoms with Gasteiger partial charge < -0.3 is 14.8 Å². The lowest BCUT2D eigenvalue weighted by atomic mass is 10.1. The molecule has 1 aliphatic rings. The third-order valence-corrected chi connectivity index (χ3v) is 6.66. The van der Waals surface area contributed by atoms with Gasteiger partial charge in [-0.05, 0) is 61.7 Å². The minimum absolute atomic E-state index is 0.0526. The van der Waals surface area contributed by atoms with Gasteiger partial charge in [-0.2, -0.15) is 0 Å². The normalized spacial score (nSPS) is 16.1. The number of benzene rings is 3. The Morgan fingerprint density at radius 1 is 0.970 bits per heavy atom. The van der Waals surface area contributed by atoms with Gasteiger partial charge in [-0.25, -0.2) is 8.42 Å². The van der Waals surface area contributed by atoms with Crippen molar-refractivity contribution in [2.45, 2.75) is 30.3 Å². The number of rotatable bonds is 8. The number of anilines is 2. The summed E-state index contributed by atoms with van der Waals surface area (Å²) in [5, 5.41) is 2.85. The second-order valence-corrected chi connectivity index (χ2v) is 9.43. The molecule has 0 aromatic heterocycles. The Bertz CT molecular complexity index is 1190. The van der Waals surface area contributed by atoms with Crippen LogP contribution in [0.3, 0.4) is 0 Å². The van der Waals surface area contributed by atoms with Crippen LogP contribution in [0.15, 0.2) is 83.8 Å². The minimum atomic E-state index is -3.75. The zero-order chi connectivity index (χ0) is 23.1. The van der Waals surface area contributed by atoms with E-state index in [2.05, 4.69) is 10.0 Å².